The normalized spacial score (nSPS) is 17.6. The molecule has 0 radical (unpaired) electrons. The van der Waals surface area contributed by atoms with Crippen LogP contribution >= 0.6 is 27.3 Å². The van der Waals surface area contributed by atoms with Gasteiger partial charge in [-0.25, -0.2) is 4.98 Å². The van der Waals surface area contributed by atoms with Gasteiger partial charge in [-0.2, -0.15) is 0 Å². The molecule has 0 amide bonds. The second-order valence-electron chi connectivity index (χ2n) is 4.47. The van der Waals surface area contributed by atoms with Gasteiger partial charge in [0.2, 0.25) is 0 Å². The summed E-state index contributed by atoms with van der Waals surface area (Å²) in [5.41, 5.74) is 1.29. The Hall–Kier alpha value is -0.550. The van der Waals surface area contributed by atoms with Crippen LogP contribution in [0.1, 0.15) is 31.4 Å². The molecule has 92 valence electrons. The number of nitrogens with zero attached hydrogens (tertiary/aromatic N) is 3. The summed E-state index contributed by atoms with van der Waals surface area (Å²) in [5, 5.41) is 2.97. The van der Waals surface area contributed by atoms with E-state index in [2.05, 4.69) is 36.8 Å². The Morgan fingerprint density at radius 3 is 2.71 bits per heavy atom. The van der Waals surface area contributed by atoms with Gasteiger partial charge in [0.15, 0.2) is 10.8 Å². The molecule has 0 atom stereocenters. The minimum Gasteiger partial charge on any atom is -0.355 e. The van der Waals surface area contributed by atoms with E-state index >= 15 is 0 Å². The highest BCUT2D eigenvalue weighted by atomic mass is 79.9. The molecule has 3 rings (SSSR count). The minimum atomic E-state index is 0.872. The third kappa shape index (κ3) is 2.10. The number of hydrogen-bond donors (Lipinski definition) is 0. The summed E-state index contributed by atoms with van der Waals surface area (Å²) in [4.78, 5) is 8.36. The van der Waals surface area contributed by atoms with E-state index in [1.807, 2.05) is 0 Å². The predicted octanol–water partition coefficient (Wildman–Crippen LogP) is 3.67. The quantitative estimate of drug-likeness (QED) is 0.789. The molecule has 1 saturated heterocycles. The highest BCUT2D eigenvalue weighted by Crippen LogP contribution is 2.28. The van der Waals surface area contributed by atoms with Crippen LogP contribution in [0, 0.1) is 0 Å². The lowest BCUT2D eigenvalue weighted by Crippen LogP contribution is -2.25. The lowest BCUT2D eigenvalue weighted by Gasteiger charge is -2.20. The number of alkyl halides is 1. The maximum absolute atomic E-state index is 4.79. The van der Waals surface area contributed by atoms with E-state index < -0.39 is 0 Å². The number of thiazole rings is 1. The molecule has 1 aliphatic rings. The van der Waals surface area contributed by atoms with Gasteiger partial charge in [-0.3, -0.25) is 4.40 Å². The molecule has 3 nitrogen and oxygen atoms in total. The van der Waals surface area contributed by atoms with Crippen LogP contribution in [0.25, 0.3) is 4.96 Å². The molecule has 1 fully saturated rings. The summed E-state index contributed by atoms with van der Waals surface area (Å²) in [7, 11) is 0. The van der Waals surface area contributed by atoms with Crippen LogP contribution in [0.15, 0.2) is 11.6 Å². The van der Waals surface area contributed by atoms with Crippen LogP contribution in [-0.4, -0.2) is 22.5 Å². The van der Waals surface area contributed by atoms with Crippen molar-refractivity contribution in [1.82, 2.24) is 9.38 Å². The number of hydrogen-bond acceptors (Lipinski definition) is 3. The number of aromatic nitrogens is 2. The number of rotatable bonds is 2. The third-order valence-corrected chi connectivity index (χ3v) is 4.66. The zero-order valence-electron chi connectivity index (χ0n) is 9.73. The molecule has 3 heterocycles. The lowest BCUT2D eigenvalue weighted by atomic mass is 10.2. The second kappa shape index (κ2) is 4.98. The van der Waals surface area contributed by atoms with Crippen LogP contribution in [0.3, 0.4) is 0 Å². The molecule has 0 unspecified atom stereocenters. The largest absolute Gasteiger partial charge is 0.355 e. The van der Waals surface area contributed by atoms with Crippen molar-refractivity contribution >= 4 is 38.0 Å². The highest BCUT2D eigenvalue weighted by Gasteiger charge is 2.19. The summed E-state index contributed by atoms with van der Waals surface area (Å²) >= 11 is 5.31. The molecule has 1 aliphatic heterocycles. The lowest BCUT2D eigenvalue weighted by molar-refractivity contribution is 0.726. The molecule has 2 aromatic rings. The van der Waals surface area contributed by atoms with E-state index in [1.165, 1.54) is 37.2 Å². The van der Waals surface area contributed by atoms with Crippen molar-refractivity contribution in [2.45, 2.75) is 31.0 Å². The highest BCUT2D eigenvalue weighted by molar-refractivity contribution is 9.08. The van der Waals surface area contributed by atoms with E-state index in [0.717, 1.165) is 23.4 Å². The number of halogens is 1. The Balaban J connectivity index is 1.99. The first-order valence-electron chi connectivity index (χ1n) is 6.15. The zero-order valence-corrected chi connectivity index (χ0v) is 12.1. The van der Waals surface area contributed by atoms with Crippen LogP contribution in [0.4, 0.5) is 5.82 Å². The van der Waals surface area contributed by atoms with Crippen LogP contribution < -0.4 is 4.90 Å². The topological polar surface area (TPSA) is 20.5 Å². The maximum Gasteiger partial charge on any atom is 0.195 e. The van der Waals surface area contributed by atoms with E-state index in [9.17, 15) is 0 Å². The molecule has 0 spiro atoms. The fourth-order valence-corrected chi connectivity index (χ4v) is 3.73. The Bertz CT molecular complexity index is 497. The summed E-state index contributed by atoms with van der Waals surface area (Å²) in [5.74, 6) is 1.19. The van der Waals surface area contributed by atoms with Gasteiger partial charge in [0.05, 0.1) is 5.69 Å². The van der Waals surface area contributed by atoms with Crippen LogP contribution in [0.5, 0.6) is 0 Å². The van der Waals surface area contributed by atoms with Gasteiger partial charge in [0.1, 0.15) is 0 Å². The third-order valence-electron chi connectivity index (χ3n) is 3.37. The first-order valence-corrected chi connectivity index (χ1v) is 8.15. The van der Waals surface area contributed by atoms with Crippen LogP contribution in [-0.2, 0) is 5.33 Å². The first kappa shape index (κ1) is 11.5. The standard InChI is InChI=1S/C12H16BrN3S/c13-9-10-11(14-12-16(10)7-8-17-12)15-5-3-1-2-4-6-15/h7-8H,1-6,9H2. The fourth-order valence-electron chi connectivity index (χ4n) is 2.48. The van der Waals surface area contributed by atoms with E-state index in [4.69, 9.17) is 4.98 Å². The molecule has 17 heavy (non-hydrogen) atoms. The molecular weight excluding hydrogens is 298 g/mol. The molecule has 2 aromatic heterocycles. The molecule has 0 saturated carbocycles. The van der Waals surface area contributed by atoms with Crippen molar-refractivity contribution in [3.05, 3.63) is 17.3 Å². The Kier molecular flexibility index (Phi) is 3.38. The van der Waals surface area contributed by atoms with Crippen molar-refractivity contribution in [3.63, 3.8) is 0 Å². The Morgan fingerprint density at radius 1 is 1.24 bits per heavy atom. The van der Waals surface area contributed by atoms with Gasteiger partial charge in [0.25, 0.3) is 0 Å². The number of imidazole rings is 1. The summed E-state index contributed by atoms with van der Waals surface area (Å²) in [6.07, 6.45) is 7.44. The van der Waals surface area contributed by atoms with E-state index in [1.54, 1.807) is 11.3 Å². The van der Waals surface area contributed by atoms with E-state index in [0.29, 0.717) is 0 Å². The molecule has 0 aromatic carbocycles. The van der Waals surface area contributed by atoms with Crippen molar-refractivity contribution in [3.8, 4) is 0 Å². The average molecular weight is 314 g/mol. The van der Waals surface area contributed by atoms with Gasteiger partial charge in [0, 0.05) is 30.0 Å². The molecular formula is C12H16BrN3S. The Morgan fingerprint density at radius 2 is 2.00 bits per heavy atom. The van der Waals surface area contributed by atoms with Crippen LogP contribution in [0.2, 0.25) is 0 Å². The predicted molar refractivity (Wildman–Crippen MR) is 76.4 cm³/mol. The first-order chi connectivity index (χ1) is 8.40. The van der Waals surface area contributed by atoms with Gasteiger partial charge < -0.3 is 4.90 Å². The zero-order chi connectivity index (χ0) is 11.7. The maximum atomic E-state index is 4.79. The van der Waals surface area contributed by atoms with Crippen molar-refractivity contribution in [2.75, 3.05) is 18.0 Å². The van der Waals surface area contributed by atoms with Gasteiger partial charge in [-0.15, -0.1) is 11.3 Å². The van der Waals surface area contributed by atoms with Crippen molar-refractivity contribution in [1.29, 1.82) is 0 Å². The van der Waals surface area contributed by atoms with Crippen molar-refractivity contribution in [2.24, 2.45) is 0 Å². The second-order valence-corrected chi connectivity index (χ2v) is 5.91. The summed E-state index contributed by atoms with van der Waals surface area (Å²) in [6.45, 7) is 2.32. The Labute approximate surface area is 114 Å². The number of fused-ring (bicyclic) bond motifs is 1. The molecule has 0 N–H and O–H groups in total. The minimum absolute atomic E-state index is 0.872. The average Bonchev–Trinajstić information content (AvgIpc) is 2.80. The monoisotopic (exact) mass is 313 g/mol. The fraction of sp³-hybridized carbons (Fsp3) is 0.583. The van der Waals surface area contributed by atoms with Gasteiger partial charge in [-0.1, -0.05) is 28.8 Å². The van der Waals surface area contributed by atoms with Gasteiger partial charge in [-0.05, 0) is 12.8 Å². The summed E-state index contributed by atoms with van der Waals surface area (Å²) in [6, 6.07) is 0. The molecule has 5 heteroatoms. The van der Waals surface area contributed by atoms with Crippen molar-refractivity contribution < 1.29 is 0 Å². The molecule has 0 bridgehead atoms. The smallest absolute Gasteiger partial charge is 0.195 e. The SMILES string of the molecule is BrCc1c(N2CCCCCC2)nc2sccn12. The molecule has 0 aliphatic carbocycles. The van der Waals surface area contributed by atoms with Gasteiger partial charge >= 0.3 is 0 Å². The number of anilines is 1. The van der Waals surface area contributed by atoms with E-state index in [-0.39, 0.29) is 0 Å². The summed E-state index contributed by atoms with van der Waals surface area (Å²) < 4.78 is 2.21.